The first kappa shape index (κ1) is 21.9. The van der Waals surface area contributed by atoms with E-state index in [4.69, 9.17) is 9.72 Å². The van der Waals surface area contributed by atoms with Crippen molar-refractivity contribution in [3.8, 4) is 11.3 Å². The van der Waals surface area contributed by atoms with Gasteiger partial charge in [-0.15, -0.1) is 0 Å². The predicted octanol–water partition coefficient (Wildman–Crippen LogP) is 3.87. The molecule has 31 heavy (non-hydrogen) atoms. The maximum Gasteiger partial charge on any atom is 0.143 e. The van der Waals surface area contributed by atoms with Crippen LogP contribution in [-0.4, -0.2) is 47.6 Å². The molecule has 2 aliphatic rings. The molecule has 0 bridgehead atoms. The molecule has 2 fully saturated rings. The topological polar surface area (TPSA) is 76.1 Å². The van der Waals surface area contributed by atoms with E-state index in [0.29, 0.717) is 12.3 Å². The van der Waals surface area contributed by atoms with E-state index in [0.717, 1.165) is 74.8 Å². The number of nitrogens with one attached hydrogen (secondary N) is 2. The number of carbonyl (C=O) groups excluding carboxylic acids is 1. The van der Waals surface area contributed by atoms with Crippen LogP contribution in [0.25, 0.3) is 11.3 Å². The third kappa shape index (κ3) is 6.11. The molecule has 0 aromatic carbocycles. The number of aromatic nitrogens is 2. The SMILES string of the molecule is CC1(C)CCC(C(=O)Cc2cc(-c3cccc(NCC4CCOCC4)n3)ccn2)CN1. The molecular weight excluding hydrogens is 388 g/mol. The third-order valence-electron chi connectivity index (χ3n) is 6.53. The van der Waals surface area contributed by atoms with Crippen LogP contribution in [0.15, 0.2) is 36.5 Å². The first-order valence-electron chi connectivity index (χ1n) is 11.5. The number of piperidine rings is 1. The van der Waals surface area contributed by atoms with Crippen LogP contribution in [0.2, 0.25) is 0 Å². The Labute approximate surface area is 185 Å². The molecule has 2 saturated heterocycles. The molecular formula is C25H34N4O2. The Morgan fingerprint density at radius 2 is 2.06 bits per heavy atom. The summed E-state index contributed by atoms with van der Waals surface area (Å²) in [5.41, 5.74) is 2.84. The van der Waals surface area contributed by atoms with Gasteiger partial charge in [-0.05, 0) is 69.7 Å². The lowest BCUT2D eigenvalue weighted by atomic mass is 9.84. The van der Waals surface area contributed by atoms with Crippen molar-refractivity contribution in [2.75, 3.05) is 31.6 Å². The molecule has 0 radical (unpaired) electrons. The maximum atomic E-state index is 12.8. The summed E-state index contributed by atoms with van der Waals surface area (Å²) < 4.78 is 5.44. The third-order valence-corrected chi connectivity index (χ3v) is 6.53. The lowest BCUT2D eigenvalue weighted by molar-refractivity contribution is -0.123. The number of rotatable bonds is 7. The van der Waals surface area contributed by atoms with E-state index < -0.39 is 0 Å². The van der Waals surface area contributed by atoms with Crippen LogP contribution in [0, 0.1) is 11.8 Å². The Hall–Kier alpha value is -2.31. The molecule has 0 aliphatic carbocycles. The number of ketones is 1. The second kappa shape index (κ2) is 9.88. The van der Waals surface area contributed by atoms with E-state index >= 15 is 0 Å². The fourth-order valence-electron chi connectivity index (χ4n) is 4.35. The van der Waals surface area contributed by atoms with Gasteiger partial charge >= 0.3 is 0 Å². The molecule has 0 amide bonds. The number of Topliss-reactive ketones (excluding diaryl/α,β-unsaturated/α-hetero) is 1. The number of anilines is 1. The first-order valence-corrected chi connectivity index (χ1v) is 11.5. The average Bonchev–Trinajstić information content (AvgIpc) is 2.79. The molecule has 166 valence electrons. The predicted molar refractivity (Wildman–Crippen MR) is 123 cm³/mol. The molecule has 1 atom stereocenters. The molecule has 2 aliphatic heterocycles. The minimum Gasteiger partial charge on any atom is -0.381 e. The number of nitrogens with zero attached hydrogens (tertiary/aromatic N) is 2. The summed E-state index contributed by atoms with van der Waals surface area (Å²) in [7, 11) is 0. The zero-order valence-corrected chi connectivity index (χ0v) is 18.7. The van der Waals surface area contributed by atoms with E-state index in [1.54, 1.807) is 6.20 Å². The van der Waals surface area contributed by atoms with Crippen molar-refractivity contribution in [1.29, 1.82) is 0 Å². The first-order chi connectivity index (χ1) is 15.0. The summed E-state index contributed by atoms with van der Waals surface area (Å²) in [6.45, 7) is 7.77. The Balaban J connectivity index is 1.38. The van der Waals surface area contributed by atoms with Crippen molar-refractivity contribution in [3.05, 3.63) is 42.2 Å². The van der Waals surface area contributed by atoms with Gasteiger partial charge in [-0.3, -0.25) is 9.78 Å². The van der Waals surface area contributed by atoms with Gasteiger partial charge in [0.2, 0.25) is 0 Å². The highest BCUT2D eigenvalue weighted by Crippen LogP contribution is 2.25. The number of hydrogen-bond acceptors (Lipinski definition) is 6. The van der Waals surface area contributed by atoms with Crippen molar-refractivity contribution in [2.45, 2.75) is 51.5 Å². The molecule has 2 aromatic heterocycles. The Bertz CT molecular complexity index is 883. The van der Waals surface area contributed by atoms with E-state index in [-0.39, 0.29) is 17.2 Å². The van der Waals surface area contributed by atoms with Crippen molar-refractivity contribution in [3.63, 3.8) is 0 Å². The van der Waals surface area contributed by atoms with Crippen molar-refractivity contribution in [1.82, 2.24) is 15.3 Å². The number of carbonyl (C=O) groups is 1. The van der Waals surface area contributed by atoms with Gasteiger partial charge < -0.3 is 15.4 Å². The highest BCUT2D eigenvalue weighted by molar-refractivity contribution is 5.83. The summed E-state index contributed by atoms with van der Waals surface area (Å²) in [5.74, 6) is 1.87. The van der Waals surface area contributed by atoms with Gasteiger partial charge in [0.05, 0.1) is 5.69 Å². The van der Waals surface area contributed by atoms with Gasteiger partial charge in [-0.2, -0.15) is 0 Å². The maximum absolute atomic E-state index is 12.8. The molecule has 0 saturated carbocycles. The Morgan fingerprint density at radius 3 is 2.84 bits per heavy atom. The molecule has 2 aromatic rings. The van der Waals surface area contributed by atoms with Gasteiger partial charge in [0.15, 0.2) is 0 Å². The lowest BCUT2D eigenvalue weighted by Crippen LogP contribution is -2.48. The van der Waals surface area contributed by atoms with Crippen LogP contribution in [0.1, 0.15) is 45.2 Å². The van der Waals surface area contributed by atoms with Crippen LogP contribution in [0.4, 0.5) is 5.82 Å². The summed E-state index contributed by atoms with van der Waals surface area (Å²) in [6.07, 6.45) is 6.33. The molecule has 0 spiro atoms. The highest BCUT2D eigenvalue weighted by Gasteiger charge is 2.30. The molecule has 4 heterocycles. The summed E-state index contributed by atoms with van der Waals surface area (Å²) in [6, 6.07) is 10.0. The summed E-state index contributed by atoms with van der Waals surface area (Å²) >= 11 is 0. The fraction of sp³-hybridized carbons (Fsp3) is 0.560. The number of ether oxygens (including phenoxy) is 1. The van der Waals surface area contributed by atoms with Crippen LogP contribution in [0.5, 0.6) is 0 Å². The van der Waals surface area contributed by atoms with E-state index in [2.05, 4.69) is 29.5 Å². The standard InChI is InChI=1S/C25H34N4O2/c1-25(2)10-6-20(17-28-25)23(30)15-21-14-19(7-11-26-21)22-4-3-5-24(29-22)27-16-18-8-12-31-13-9-18/h3-5,7,11,14,18,20,28H,6,8-10,12-13,15-17H2,1-2H3,(H,27,29). The Kier molecular flexibility index (Phi) is 6.98. The Morgan fingerprint density at radius 1 is 1.23 bits per heavy atom. The van der Waals surface area contributed by atoms with Crippen molar-refractivity contribution in [2.24, 2.45) is 11.8 Å². The van der Waals surface area contributed by atoms with E-state index in [1.807, 2.05) is 30.3 Å². The van der Waals surface area contributed by atoms with Gasteiger partial charge in [-0.25, -0.2) is 4.98 Å². The van der Waals surface area contributed by atoms with Crippen molar-refractivity contribution < 1.29 is 9.53 Å². The monoisotopic (exact) mass is 422 g/mol. The molecule has 2 N–H and O–H groups in total. The molecule has 6 heteroatoms. The second-order valence-corrected chi connectivity index (χ2v) is 9.52. The molecule has 4 rings (SSSR count). The minimum absolute atomic E-state index is 0.0781. The fourth-order valence-corrected chi connectivity index (χ4v) is 4.35. The second-order valence-electron chi connectivity index (χ2n) is 9.52. The van der Waals surface area contributed by atoms with Crippen LogP contribution in [0.3, 0.4) is 0 Å². The highest BCUT2D eigenvalue weighted by atomic mass is 16.5. The number of hydrogen-bond donors (Lipinski definition) is 2. The largest absolute Gasteiger partial charge is 0.381 e. The quantitative estimate of drug-likeness (QED) is 0.705. The normalized spacial score (nSPS) is 21.5. The van der Waals surface area contributed by atoms with Gasteiger partial charge in [0, 0.05) is 61.6 Å². The molecule has 6 nitrogen and oxygen atoms in total. The molecule has 1 unspecified atom stereocenters. The van der Waals surface area contributed by atoms with Gasteiger partial charge in [-0.1, -0.05) is 6.07 Å². The number of pyridine rings is 2. The zero-order chi connectivity index (χ0) is 21.7. The smallest absolute Gasteiger partial charge is 0.143 e. The van der Waals surface area contributed by atoms with Crippen LogP contribution >= 0.6 is 0 Å². The average molecular weight is 423 g/mol. The van der Waals surface area contributed by atoms with Gasteiger partial charge in [0.25, 0.3) is 0 Å². The van der Waals surface area contributed by atoms with Crippen molar-refractivity contribution >= 4 is 11.6 Å². The van der Waals surface area contributed by atoms with Crippen LogP contribution < -0.4 is 10.6 Å². The van der Waals surface area contributed by atoms with Gasteiger partial charge in [0.1, 0.15) is 11.6 Å². The summed E-state index contributed by atoms with van der Waals surface area (Å²) in [5, 5.41) is 6.97. The zero-order valence-electron chi connectivity index (χ0n) is 18.7. The minimum atomic E-state index is 0.0781. The van der Waals surface area contributed by atoms with E-state index in [9.17, 15) is 4.79 Å². The summed E-state index contributed by atoms with van der Waals surface area (Å²) in [4.78, 5) is 22.0. The lowest BCUT2D eigenvalue weighted by Gasteiger charge is -2.35. The van der Waals surface area contributed by atoms with Crippen LogP contribution in [-0.2, 0) is 16.0 Å². The van der Waals surface area contributed by atoms with E-state index in [1.165, 1.54) is 0 Å².